The summed E-state index contributed by atoms with van der Waals surface area (Å²) in [6.07, 6.45) is 1.12. The van der Waals surface area contributed by atoms with Gasteiger partial charge in [-0.1, -0.05) is 30.3 Å². The molecule has 0 radical (unpaired) electrons. The Balaban J connectivity index is 2.15. The van der Waals surface area contributed by atoms with Gasteiger partial charge in [0, 0.05) is 11.8 Å². The molecule has 98 valence electrons. The van der Waals surface area contributed by atoms with E-state index >= 15 is 0 Å². The number of nitrogens with one attached hydrogen (secondary N) is 2. The van der Waals surface area contributed by atoms with Crippen LogP contribution in [0.4, 0.5) is 4.79 Å². The fraction of sp³-hybridized carbons (Fsp3) is 0.154. The smallest absolute Gasteiger partial charge is 0.427 e. The third-order valence-electron chi connectivity index (χ3n) is 2.50. The topological polar surface area (TPSA) is 79.4 Å². The molecule has 2 aromatic rings. The van der Waals surface area contributed by atoms with E-state index in [1.165, 1.54) is 7.11 Å². The van der Waals surface area contributed by atoms with Crippen molar-refractivity contribution in [2.45, 2.75) is 6.92 Å². The SMILES string of the molecule is COC(=O)N/N=C(/C)c1c[nH]c(-c2ccccc2)n1. The number of hydrogen-bond acceptors (Lipinski definition) is 4. The van der Waals surface area contributed by atoms with Crippen LogP contribution in [0.3, 0.4) is 0 Å². The monoisotopic (exact) mass is 258 g/mol. The van der Waals surface area contributed by atoms with Gasteiger partial charge in [-0.15, -0.1) is 0 Å². The highest BCUT2D eigenvalue weighted by atomic mass is 16.5. The minimum Gasteiger partial charge on any atom is -0.452 e. The molecule has 0 aliphatic heterocycles. The van der Waals surface area contributed by atoms with E-state index in [1.54, 1.807) is 13.1 Å². The van der Waals surface area contributed by atoms with E-state index in [2.05, 4.69) is 25.2 Å². The molecule has 6 nitrogen and oxygen atoms in total. The number of amides is 1. The van der Waals surface area contributed by atoms with Crippen LogP contribution < -0.4 is 5.43 Å². The molecule has 1 aromatic carbocycles. The average molecular weight is 258 g/mol. The first-order chi connectivity index (χ1) is 9.20. The second kappa shape index (κ2) is 5.81. The molecular weight excluding hydrogens is 244 g/mol. The molecule has 0 unspecified atom stereocenters. The van der Waals surface area contributed by atoms with E-state index in [9.17, 15) is 4.79 Å². The lowest BCUT2D eigenvalue weighted by Gasteiger charge is -1.98. The van der Waals surface area contributed by atoms with Crippen LogP contribution in [0.2, 0.25) is 0 Å². The van der Waals surface area contributed by atoms with E-state index in [0.717, 1.165) is 11.4 Å². The fourth-order valence-corrected chi connectivity index (χ4v) is 1.48. The molecule has 19 heavy (non-hydrogen) atoms. The van der Waals surface area contributed by atoms with Gasteiger partial charge >= 0.3 is 6.09 Å². The van der Waals surface area contributed by atoms with Gasteiger partial charge in [0.15, 0.2) is 0 Å². The lowest BCUT2D eigenvalue weighted by Crippen LogP contribution is -2.18. The summed E-state index contributed by atoms with van der Waals surface area (Å²) in [5.74, 6) is 0.753. The van der Waals surface area contributed by atoms with Crippen molar-refractivity contribution in [1.82, 2.24) is 15.4 Å². The molecule has 0 bridgehead atoms. The Labute approximate surface area is 110 Å². The number of nitrogens with zero attached hydrogens (tertiary/aromatic N) is 2. The molecule has 0 saturated heterocycles. The number of methoxy groups -OCH3 is 1. The first-order valence-electron chi connectivity index (χ1n) is 5.70. The Morgan fingerprint density at radius 3 is 2.79 bits per heavy atom. The molecule has 2 rings (SSSR count). The number of aromatic nitrogens is 2. The van der Waals surface area contributed by atoms with Crippen molar-refractivity contribution < 1.29 is 9.53 Å². The van der Waals surface area contributed by atoms with E-state index < -0.39 is 6.09 Å². The third-order valence-corrected chi connectivity index (χ3v) is 2.50. The van der Waals surface area contributed by atoms with Crippen LogP contribution >= 0.6 is 0 Å². The molecule has 6 heteroatoms. The zero-order valence-electron chi connectivity index (χ0n) is 10.7. The number of ether oxygens (including phenoxy) is 1. The third kappa shape index (κ3) is 3.19. The summed E-state index contributed by atoms with van der Waals surface area (Å²) in [7, 11) is 1.28. The molecule has 0 saturated carbocycles. The highest BCUT2D eigenvalue weighted by molar-refractivity contribution is 5.97. The van der Waals surface area contributed by atoms with Crippen molar-refractivity contribution in [3.05, 3.63) is 42.2 Å². The van der Waals surface area contributed by atoms with Crippen molar-refractivity contribution in [1.29, 1.82) is 0 Å². The van der Waals surface area contributed by atoms with Crippen molar-refractivity contribution in [2.24, 2.45) is 5.10 Å². The number of aromatic amines is 1. The van der Waals surface area contributed by atoms with Crippen molar-refractivity contribution >= 4 is 11.8 Å². The number of imidazole rings is 1. The predicted octanol–water partition coefficient (Wildman–Crippen LogP) is 2.16. The van der Waals surface area contributed by atoms with Crippen LogP contribution in [-0.4, -0.2) is 28.9 Å². The van der Waals surface area contributed by atoms with Gasteiger partial charge in [0.25, 0.3) is 0 Å². The predicted molar refractivity (Wildman–Crippen MR) is 71.8 cm³/mol. The lowest BCUT2D eigenvalue weighted by atomic mass is 10.2. The molecule has 0 atom stereocenters. The standard InChI is InChI=1S/C13H14N4O2/c1-9(16-17-13(18)19-2)11-8-14-12(15-11)10-6-4-3-5-7-10/h3-8H,1-2H3,(H,14,15)(H,17,18)/b16-9-. The Bertz CT molecular complexity index is 590. The number of hydrogen-bond donors (Lipinski definition) is 2. The molecule has 1 amide bonds. The Morgan fingerprint density at radius 1 is 1.37 bits per heavy atom. The van der Waals surface area contributed by atoms with Crippen LogP contribution in [0.5, 0.6) is 0 Å². The maximum absolute atomic E-state index is 10.9. The molecular formula is C13H14N4O2. The Hall–Kier alpha value is -2.63. The number of benzene rings is 1. The highest BCUT2D eigenvalue weighted by Crippen LogP contribution is 2.14. The van der Waals surface area contributed by atoms with Gasteiger partial charge < -0.3 is 9.72 Å². The normalized spacial score (nSPS) is 11.2. The van der Waals surface area contributed by atoms with Gasteiger partial charge in [0.2, 0.25) is 0 Å². The summed E-state index contributed by atoms with van der Waals surface area (Å²) in [5.41, 5.74) is 4.49. The van der Waals surface area contributed by atoms with Gasteiger partial charge in [-0.2, -0.15) is 5.10 Å². The molecule has 2 N–H and O–H groups in total. The summed E-state index contributed by atoms with van der Waals surface area (Å²) < 4.78 is 4.43. The van der Waals surface area contributed by atoms with Crippen LogP contribution in [0.1, 0.15) is 12.6 Å². The summed E-state index contributed by atoms with van der Waals surface area (Å²) in [6, 6.07) is 9.75. The van der Waals surface area contributed by atoms with E-state index in [4.69, 9.17) is 0 Å². The van der Waals surface area contributed by atoms with Gasteiger partial charge in [0.05, 0.1) is 12.8 Å². The molecule has 0 fully saturated rings. The van der Waals surface area contributed by atoms with Crippen molar-refractivity contribution in [3.63, 3.8) is 0 Å². The minimum absolute atomic E-state index is 0.587. The second-order valence-corrected chi connectivity index (χ2v) is 3.80. The van der Waals surface area contributed by atoms with Crippen LogP contribution in [0.25, 0.3) is 11.4 Å². The first kappa shape index (κ1) is 12.8. The number of carbonyl (C=O) groups excluding carboxylic acids is 1. The van der Waals surface area contributed by atoms with E-state index in [-0.39, 0.29) is 0 Å². The number of hydrazone groups is 1. The van der Waals surface area contributed by atoms with Crippen LogP contribution in [-0.2, 0) is 4.74 Å². The largest absolute Gasteiger partial charge is 0.452 e. The van der Waals surface area contributed by atoms with Crippen LogP contribution in [0, 0.1) is 0 Å². The van der Waals surface area contributed by atoms with Gasteiger partial charge in [-0.05, 0) is 6.92 Å². The fourth-order valence-electron chi connectivity index (χ4n) is 1.48. The summed E-state index contributed by atoms with van der Waals surface area (Å²) >= 11 is 0. The number of carbonyl (C=O) groups is 1. The van der Waals surface area contributed by atoms with E-state index in [0.29, 0.717) is 11.4 Å². The Kier molecular flexibility index (Phi) is 3.92. The lowest BCUT2D eigenvalue weighted by molar-refractivity contribution is 0.171. The maximum Gasteiger partial charge on any atom is 0.427 e. The summed E-state index contributed by atoms with van der Waals surface area (Å²) in [5, 5.41) is 3.88. The van der Waals surface area contributed by atoms with Crippen LogP contribution in [0.15, 0.2) is 41.6 Å². The zero-order chi connectivity index (χ0) is 13.7. The van der Waals surface area contributed by atoms with Gasteiger partial charge in [0.1, 0.15) is 11.5 Å². The quantitative estimate of drug-likeness (QED) is 0.654. The second-order valence-electron chi connectivity index (χ2n) is 3.80. The zero-order valence-corrected chi connectivity index (χ0v) is 10.7. The first-order valence-corrected chi connectivity index (χ1v) is 5.70. The Morgan fingerprint density at radius 2 is 2.11 bits per heavy atom. The number of H-pyrrole nitrogens is 1. The highest BCUT2D eigenvalue weighted by Gasteiger charge is 2.06. The average Bonchev–Trinajstić information content (AvgIpc) is 2.95. The molecule has 0 aliphatic carbocycles. The maximum atomic E-state index is 10.9. The molecule has 1 aromatic heterocycles. The molecule has 0 aliphatic rings. The minimum atomic E-state index is -0.613. The van der Waals surface area contributed by atoms with Crippen molar-refractivity contribution in [3.8, 4) is 11.4 Å². The van der Waals surface area contributed by atoms with Crippen molar-refractivity contribution in [2.75, 3.05) is 7.11 Å². The van der Waals surface area contributed by atoms with Gasteiger partial charge in [-0.25, -0.2) is 15.2 Å². The molecule has 1 heterocycles. The van der Waals surface area contributed by atoms with E-state index in [1.807, 2.05) is 30.3 Å². The summed E-state index contributed by atoms with van der Waals surface area (Å²) in [4.78, 5) is 18.4. The van der Waals surface area contributed by atoms with Gasteiger partial charge in [-0.3, -0.25) is 0 Å². The summed E-state index contributed by atoms with van der Waals surface area (Å²) in [6.45, 7) is 1.75. The number of rotatable bonds is 3. The molecule has 0 spiro atoms.